The van der Waals surface area contributed by atoms with Gasteiger partial charge in [0.2, 0.25) is 5.89 Å². The van der Waals surface area contributed by atoms with E-state index in [1.807, 2.05) is 19.1 Å². The number of nitrogens with zero attached hydrogens (tertiary/aromatic N) is 4. The Morgan fingerprint density at radius 3 is 2.54 bits per heavy atom. The third kappa shape index (κ3) is 4.90. The van der Waals surface area contributed by atoms with Crippen LogP contribution in [0.4, 0.5) is 5.69 Å². The Morgan fingerprint density at radius 1 is 1.11 bits per heavy atom. The molecule has 0 saturated carbocycles. The number of nitriles is 1. The number of aromatic nitrogens is 1. The number of ether oxygens (including phenoxy) is 2. The highest BCUT2D eigenvalue weighted by Crippen LogP contribution is 2.56. The van der Waals surface area contributed by atoms with Crippen LogP contribution in [0.1, 0.15) is 47.5 Å². The van der Waals surface area contributed by atoms with Crippen molar-refractivity contribution in [3.05, 3.63) is 101 Å². The molecule has 0 radical (unpaired) electrons. The highest BCUT2D eigenvalue weighted by Gasteiger charge is 2.63. The number of aliphatic hydroxyl groups excluding tert-OH is 1. The minimum atomic E-state index is -4.52. The molecule has 46 heavy (non-hydrogen) atoms. The van der Waals surface area contributed by atoms with Crippen LogP contribution in [0.5, 0.6) is 11.5 Å². The number of methoxy groups -OCH3 is 2. The van der Waals surface area contributed by atoms with Crippen molar-refractivity contribution in [1.29, 1.82) is 5.26 Å². The molecule has 12 nitrogen and oxygen atoms in total. The summed E-state index contributed by atoms with van der Waals surface area (Å²) in [6, 6.07) is 17.0. The van der Waals surface area contributed by atoms with E-state index in [1.165, 1.54) is 69.1 Å². The van der Waals surface area contributed by atoms with Gasteiger partial charge in [-0.15, -0.1) is 0 Å². The van der Waals surface area contributed by atoms with Crippen LogP contribution in [0.2, 0.25) is 0 Å². The first-order chi connectivity index (χ1) is 22.2. The highest BCUT2D eigenvalue weighted by molar-refractivity contribution is 7.93. The molecule has 2 aliphatic heterocycles. The molecular formula is C33H33N5O7S. The standard InChI is InChI=1S/C33H33N5O7S/c1-4-35-19-22-6-12-30(44-3)27(16-22)33(37-20-23(39)17-29(37)31-36-13-14-45-31)26-15-21(18-34)5-11-28(26)38(32(33)40)46(41,42)25-9-7-24(43-2)8-10-25/h5-16,23,29,35,39H,4,17,19-20H2,1-3H3. The number of aliphatic hydroxyl groups is 1. The van der Waals surface area contributed by atoms with E-state index in [2.05, 4.69) is 16.4 Å². The number of fused-ring (bicyclic) bond motifs is 1. The Morgan fingerprint density at radius 2 is 1.89 bits per heavy atom. The molecule has 2 aliphatic rings. The Kier molecular flexibility index (Phi) is 8.30. The summed E-state index contributed by atoms with van der Waals surface area (Å²) in [7, 11) is -1.58. The van der Waals surface area contributed by atoms with Crippen LogP contribution in [0.15, 0.2) is 82.4 Å². The molecule has 3 unspecified atom stereocenters. The number of carbonyl (C=O) groups is 1. The lowest BCUT2D eigenvalue weighted by Gasteiger charge is -2.41. The second kappa shape index (κ2) is 12.2. The molecule has 238 valence electrons. The van der Waals surface area contributed by atoms with Gasteiger partial charge in [0.1, 0.15) is 17.8 Å². The molecule has 2 N–H and O–H groups in total. The maximum absolute atomic E-state index is 15.4. The normalized spacial score (nSPS) is 21.3. The van der Waals surface area contributed by atoms with Gasteiger partial charge in [0, 0.05) is 24.2 Å². The molecule has 13 heteroatoms. The smallest absolute Gasteiger partial charge is 0.271 e. The Bertz CT molecular complexity index is 1910. The minimum absolute atomic E-state index is 0.0357. The van der Waals surface area contributed by atoms with Crippen molar-refractivity contribution < 1.29 is 32.2 Å². The summed E-state index contributed by atoms with van der Waals surface area (Å²) in [6.45, 7) is 3.09. The van der Waals surface area contributed by atoms with Crippen LogP contribution in [0, 0.1) is 11.3 Å². The molecule has 1 amide bonds. The number of β-amino-alcohol motifs (C(OH)–C–C–N with tert-alkyl or cyclic N) is 1. The number of sulfonamides is 1. The van der Waals surface area contributed by atoms with Gasteiger partial charge in [-0.3, -0.25) is 9.69 Å². The second-order valence-corrected chi connectivity index (χ2v) is 12.8. The van der Waals surface area contributed by atoms with Gasteiger partial charge >= 0.3 is 0 Å². The van der Waals surface area contributed by atoms with Crippen molar-refractivity contribution >= 4 is 21.6 Å². The lowest BCUT2D eigenvalue weighted by atomic mass is 9.79. The second-order valence-electron chi connectivity index (χ2n) is 11.0. The van der Waals surface area contributed by atoms with Crippen molar-refractivity contribution in [2.24, 2.45) is 0 Å². The van der Waals surface area contributed by atoms with E-state index in [9.17, 15) is 18.8 Å². The van der Waals surface area contributed by atoms with Crippen molar-refractivity contribution in [3.8, 4) is 17.6 Å². The minimum Gasteiger partial charge on any atom is -0.497 e. The average molecular weight is 644 g/mol. The fraction of sp³-hybridized carbons (Fsp3) is 0.303. The number of rotatable bonds is 10. The van der Waals surface area contributed by atoms with Gasteiger partial charge in [0.05, 0.1) is 54.8 Å². The molecule has 1 aromatic heterocycles. The third-order valence-electron chi connectivity index (χ3n) is 8.50. The first-order valence-electron chi connectivity index (χ1n) is 14.7. The van der Waals surface area contributed by atoms with Crippen molar-refractivity contribution in [1.82, 2.24) is 15.2 Å². The average Bonchev–Trinajstić information content (AvgIpc) is 3.80. The van der Waals surface area contributed by atoms with Gasteiger partial charge < -0.3 is 24.3 Å². The van der Waals surface area contributed by atoms with E-state index in [-0.39, 0.29) is 40.6 Å². The van der Waals surface area contributed by atoms with E-state index in [1.54, 1.807) is 11.0 Å². The van der Waals surface area contributed by atoms with Crippen LogP contribution in [0.25, 0.3) is 0 Å². The van der Waals surface area contributed by atoms with Crippen molar-refractivity contribution in [2.45, 2.75) is 42.5 Å². The molecule has 0 spiro atoms. The number of carbonyl (C=O) groups excluding carboxylic acids is 1. The Balaban J connectivity index is 1.69. The zero-order valence-corrected chi connectivity index (χ0v) is 26.3. The summed E-state index contributed by atoms with van der Waals surface area (Å²) in [5, 5.41) is 24.4. The number of amides is 1. The number of anilines is 1. The van der Waals surface area contributed by atoms with Crippen LogP contribution in [-0.2, 0) is 26.9 Å². The molecule has 0 aliphatic carbocycles. The molecule has 6 rings (SSSR count). The van der Waals surface area contributed by atoms with Crippen LogP contribution >= 0.6 is 0 Å². The highest BCUT2D eigenvalue weighted by atomic mass is 32.2. The van der Waals surface area contributed by atoms with Gasteiger partial charge in [-0.25, -0.2) is 17.7 Å². The number of likely N-dealkylation sites (tertiary alicyclic amines) is 1. The number of nitrogens with one attached hydrogen (secondary N) is 1. The number of oxazole rings is 1. The predicted octanol–water partition coefficient (Wildman–Crippen LogP) is 3.46. The summed E-state index contributed by atoms with van der Waals surface area (Å²) in [5.41, 5.74) is -0.192. The van der Waals surface area contributed by atoms with Crippen LogP contribution < -0.4 is 19.1 Å². The summed E-state index contributed by atoms with van der Waals surface area (Å²) >= 11 is 0. The van der Waals surface area contributed by atoms with E-state index >= 15 is 4.79 Å². The van der Waals surface area contributed by atoms with Gasteiger partial charge in [0.15, 0.2) is 5.54 Å². The molecule has 1 fully saturated rings. The van der Waals surface area contributed by atoms with E-state index in [4.69, 9.17) is 13.9 Å². The quantitative estimate of drug-likeness (QED) is 0.261. The lowest BCUT2D eigenvalue weighted by molar-refractivity contribution is -0.127. The van der Waals surface area contributed by atoms with Gasteiger partial charge in [-0.2, -0.15) is 5.26 Å². The van der Waals surface area contributed by atoms with Crippen LogP contribution in [-0.4, -0.2) is 62.7 Å². The zero-order valence-electron chi connectivity index (χ0n) is 25.5. The zero-order chi connectivity index (χ0) is 32.6. The van der Waals surface area contributed by atoms with Crippen LogP contribution in [0.3, 0.4) is 0 Å². The molecular weight excluding hydrogens is 610 g/mol. The summed E-state index contributed by atoms with van der Waals surface area (Å²) in [5.74, 6) is 0.194. The van der Waals surface area contributed by atoms with E-state index in [0.29, 0.717) is 30.2 Å². The van der Waals surface area contributed by atoms with Gasteiger partial charge in [0.25, 0.3) is 15.9 Å². The topological polar surface area (TPSA) is 158 Å². The third-order valence-corrected chi connectivity index (χ3v) is 10.2. The molecule has 1 saturated heterocycles. The maximum atomic E-state index is 15.4. The molecule has 3 aromatic carbocycles. The first-order valence-corrected chi connectivity index (χ1v) is 16.1. The Hall–Kier alpha value is -4.74. The summed E-state index contributed by atoms with van der Waals surface area (Å²) < 4.78 is 46.6. The molecule has 0 bridgehead atoms. The summed E-state index contributed by atoms with van der Waals surface area (Å²) in [4.78, 5) is 21.4. The van der Waals surface area contributed by atoms with Gasteiger partial charge in [-0.05, 0) is 73.1 Å². The van der Waals surface area contributed by atoms with Gasteiger partial charge in [-0.1, -0.05) is 13.0 Å². The molecule has 3 atom stereocenters. The predicted molar refractivity (Wildman–Crippen MR) is 167 cm³/mol. The van der Waals surface area contributed by atoms with E-state index in [0.717, 1.165) is 9.87 Å². The number of benzene rings is 3. The summed E-state index contributed by atoms with van der Waals surface area (Å²) in [6.07, 6.45) is 2.13. The van der Waals surface area contributed by atoms with Crippen molar-refractivity contribution in [3.63, 3.8) is 0 Å². The van der Waals surface area contributed by atoms with E-state index < -0.39 is 33.6 Å². The largest absolute Gasteiger partial charge is 0.497 e. The number of hydrogen-bond acceptors (Lipinski definition) is 11. The molecule has 3 heterocycles. The number of hydrogen-bond donors (Lipinski definition) is 2. The monoisotopic (exact) mass is 643 g/mol. The fourth-order valence-corrected chi connectivity index (χ4v) is 7.92. The first kappa shape index (κ1) is 31.3. The van der Waals surface area contributed by atoms with Crippen molar-refractivity contribution in [2.75, 3.05) is 31.6 Å². The Labute approximate surface area is 266 Å². The SMILES string of the molecule is CCNCc1ccc(OC)c(C2(N3CC(O)CC3c3ncco3)C(=O)N(S(=O)(=O)c3ccc(OC)cc3)c3ccc(C#N)cc32)c1. The molecule has 4 aromatic rings. The lowest BCUT2D eigenvalue weighted by Crippen LogP contribution is -2.55. The maximum Gasteiger partial charge on any atom is 0.271 e. The fourth-order valence-electron chi connectivity index (χ4n) is 6.46.